The second-order valence-electron chi connectivity index (χ2n) is 3.37. The molecule has 0 nitrogen and oxygen atoms in total. The summed E-state index contributed by atoms with van der Waals surface area (Å²) in [5.41, 5.74) is 0. The van der Waals surface area contributed by atoms with Crippen LogP contribution in [0.1, 0.15) is 32.6 Å². The summed E-state index contributed by atoms with van der Waals surface area (Å²) in [6, 6.07) is 0. The molecule has 0 heterocycles. The highest BCUT2D eigenvalue weighted by Gasteiger charge is 2.25. The Hall–Kier alpha value is -0.140. The van der Waals surface area contributed by atoms with Crippen LogP contribution in [-0.4, -0.2) is 6.43 Å². The quantitative estimate of drug-likeness (QED) is 0.536. The number of hydrogen-bond donors (Lipinski definition) is 0. The van der Waals surface area contributed by atoms with Crippen molar-refractivity contribution >= 4 is 0 Å². The average molecular weight is 148 g/mol. The van der Waals surface area contributed by atoms with Crippen molar-refractivity contribution in [3.05, 3.63) is 0 Å². The molecule has 0 saturated heterocycles. The second kappa shape index (κ2) is 3.31. The van der Waals surface area contributed by atoms with Gasteiger partial charge in [-0.05, 0) is 18.8 Å². The zero-order chi connectivity index (χ0) is 7.56. The Morgan fingerprint density at radius 2 is 2.00 bits per heavy atom. The first kappa shape index (κ1) is 7.96. The molecule has 0 spiro atoms. The van der Waals surface area contributed by atoms with E-state index >= 15 is 0 Å². The first-order valence-corrected chi connectivity index (χ1v) is 3.98. The van der Waals surface area contributed by atoms with E-state index in [0.717, 1.165) is 25.7 Å². The molecule has 1 aliphatic rings. The lowest BCUT2D eigenvalue weighted by Gasteiger charge is -2.25. The van der Waals surface area contributed by atoms with Gasteiger partial charge in [0.1, 0.15) is 0 Å². The van der Waals surface area contributed by atoms with E-state index in [4.69, 9.17) is 0 Å². The molecule has 1 aliphatic carbocycles. The van der Waals surface area contributed by atoms with Crippen molar-refractivity contribution in [1.82, 2.24) is 0 Å². The molecule has 0 bridgehead atoms. The third-order valence-corrected chi connectivity index (χ3v) is 2.33. The molecule has 2 atom stereocenters. The molecule has 2 heteroatoms. The average Bonchev–Trinajstić information content (AvgIpc) is 1.88. The van der Waals surface area contributed by atoms with Gasteiger partial charge in [-0.25, -0.2) is 8.78 Å². The monoisotopic (exact) mass is 148 g/mol. The molecule has 0 aromatic carbocycles. The zero-order valence-electron chi connectivity index (χ0n) is 6.32. The molecule has 0 amide bonds. The predicted molar refractivity (Wildman–Crippen MR) is 37.1 cm³/mol. The third kappa shape index (κ3) is 1.93. The summed E-state index contributed by atoms with van der Waals surface area (Å²) in [6.07, 6.45) is 1.53. The van der Waals surface area contributed by atoms with Crippen LogP contribution in [0.2, 0.25) is 0 Å². The van der Waals surface area contributed by atoms with Crippen molar-refractivity contribution in [3.63, 3.8) is 0 Å². The van der Waals surface area contributed by atoms with Crippen LogP contribution >= 0.6 is 0 Å². The molecule has 0 aliphatic heterocycles. The van der Waals surface area contributed by atoms with Crippen LogP contribution in [0, 0.1) is 11.8 Å². The minimum absolute atomic E-state index is 0.302. The minimum atomic E-state index is -2.08. The van der Waals surface area contributed by atoms with E-state index in [1.165, 1.54) is 0 Å². The second-order valence-corrected chi connectivity index (χ2v) is 3.37. The Labute approximate surface area is 60.6 Å². The van der Waals surface area contributed by atoms with E-state index in [9.17, 15) is 8.78 Å². The van der Waals surface area contributed by atoms with E-state index in [2.05, 4.69) is 6.92 Å². The fourth-order valence-corrected chi connectivity index (χ4v) is 1.71. The molecule has 60 valence electrons. The summed E-state index contributed by atoms with van der Waals surface area (Å²) in [6.45, 7) is 2.06. The molecule has 0 N–H and O–H groups in total. The van der Waals surface area contributed by atoms with Crippen LogP contribution < -0.4 is 0 Å². The van der Waals surface area contributed by atoms with E-state index in [1.807, 2.05) is 0 Å². The minimum Gasteiger partial charge on any atom is -0.210 e. The maximum Gasteiger partial charge on any atom is 0.241 e. The van der Waals surface area contributed by atoms with Gasteiger partial charge in [0.05, 0.1) is 0 Å². The Morgan fingerprint density at radius 1 is 1.30 bits per heavy atom. The highest BCUT2D eigenvalue weighted by atomic mass is 19.3. The van der Waals surface area contributed by atoms with Gasteiger partial charge >= 0.3 is 0 Å². The summed E-state index contributed by atoms with van der Waals surface area (Å²) in [7, 11) is 0. The lowest BCUT2D eigenvalue weighted by molar-refractivity contribution is 0.0445. The maximum atomic E-state index is 12.1. The van der Waals surface area contributed by atoms with Gasteiger partial charge in [0, 0.05) is 5.92 Å². The van der Waals surface area contributed by atoms with Crippen LogP contribution in [0.4, 0.5) is 8.78 Å². The van der Waals surface area contributed by atoms with E-state index < -0.39 is 6.43 Å². The van der Waals surface area contributed by atoms with Crippen molar-refractivity contribution in [2.75, 3.05) is 0 Å². The highest BCUT2D eigenvalue weighted by molar-refractivity contribution is 4.71. The molecular formula is C8H14F2. The van der Waals surface area contributed by atoms with Crippen molar-refractivity contribution in [1.29, 1.82) is 0 Å². The molecular weight excluding hydrogens is 134 g/mol. The first-order valence-electron chi connectivity index (χ1n) is 3.98. The topological polar surface area (TPSA) is 0 Å². The Kier molecular flexibility index (Phi) is 2.64. The van der Waals surface area contributed by atoms with E-state index in [0.29, 0.717) is 5.92 Å². The number of alkyl halides is 2. The molecule has 1 fully saturated rings. The Morgan fingerprint density at radius 3 is 2.40 bits per heavy atom. The van der Waals surface area contributed by atoms with Crippen LogP contribution in [-0.2, 0) is 0 Å². The first-order chi connectivity index (χ1) is 4.70. The van der Waals surface area contributed by atoms with E-state index in [1.54, 1.807) is 0 Å². The fraction of sp³-hybridized carbons (Fsp3) is 1.00. The Balaban J connectivity index is 2.32. The van der Waals surface area contributed by atoms with Crippen molar-refractivity contribution in [2.45, 2.75) is 39.0 Å². The fourth-order valence-electron chi connectivity index (χ4n) is 1.71. The zero-order valence-corrected chi connectivity index (χ0v) is 6.32. The predicted octanol–water partition coefficient (Wildman–Crippen LogP) is 3.08. The van der Waals surface area contributed by atoms with E-state index in [-0.39, 0.29) is 5.92 Å². The third-order valence-electron chi connectivity index (χ3n) is 2.33. The molecule has 1 unspecified atom stereocenters. The van der Waals surface area contributed by atoms with Crippen LogP contribution in [0.5, 0.6) is 0 Å². The normalized spacial score (nSPS) is 34.8. The van der Waals surface area contributed by atoms with Gasteiger partial charge in [0.15, 0.2) is 0 Å². The van der Waals surface area contributed by atoms with Gasteiger partial charge in [-0.15, -0.1) is 0 Å². The molecule has 10 heavy (non-hydrogen) atoms. The molecule has 1 rings (SSSR count). The lowest BCUT2D eigenvalue weighted by atomic mass is 9.83. The van der Waals surface area contributed by atoms with Crippen LogP contribution in [0.3, 0.4) is 0 Å². The van der Waals surface area contributed by atoms with Gasteiger partial charge < -0.3 is 0 Å². The maximum absolute atomic E-state index is 12.1. The van der Waals surface area contributed by atoms with Gasteiger partial charge in [0.2, 0.25) is 6.43 Å². The number of rotatable bonds is 1. The van der Waals surface area contributed by atoms with Crippen molar-refractivity contribution < 1.29 is 8.78 Å². The van der Waals surface area contributed by atoms with Gasteiger partial charge in [0.25, 0.3) is 0 Å². The number of hydrogen-bond acceptors (Lipinski definition) is 0. The van der Waals surface area contributed by atoms with Crippen LogP contribution in [0.25, 0.3) is 0 Å². The number of halogens is 2. The van der Waals surface area contributed by atoms with Gasteiger partial charge in [-0.2, -0.15) is 0 Å². The highest BCUT2D eigenvalue weighted by Crippen LogP contribution is 2.32. The summed E-state index contributed by atoms with van der Waals surface area (Å²) < 4.78 is 24.2. The SMILES string of the molecule is CC1CCC[C@H](C(F)F)C1. The van der Waals surface area contributed by atoms with Crippen molar-refractivity contribution in [3.8, 4) is 0 Å². The summed E-state index contributed by atoms with van der Waals surface area (Å²) in [4.78, 5) is 0. The molecule has 0 radical (unpaired) electrons. The Bertz CT molecular complexity index is 101. The summed E-state index contributed by atoms with van der Waals surface area (Å²) in [5.74, 6) is 0.219. The molecule has 1 saturated carbocycles. The summed E-state index contributed by atoms with van der Waals surface area (Å²) >= 11 is 0. The smallest absolute Gasteiger partial charge is 0.210 e. The van der Waals surface area contributed by atoms with Gasteiger partial charge in [-0.3, -0.25) is 0 Å². The molecule has 0 aromatic rings. The van der Waals surface area contributed by atoms with Crippen LogP contribution in [0.15, 0.2) is 0 Å². The standard InChI is InChI=1S/C8H14F2/c1-6-3-2-4-7(5-6)8(9)10/h6-8H,2-5H2,1H3/t6?,7-/m0/s1. The summed E-state index contributed by atoms with van der Waals surface area (Å²) in [5, 5.41) is 0. The largest absolute Gasteiger partial charge is 0.241 e. The van der Waals surface area contributed by atoms with Crippen molar-refractivity contribution in [2.24, 2.45) is 11.8 Å². The molecule has 0 aromatic heterocycles. The lowest BCUT2D eigenvalue weighted by Crippen LogP contribution is -2.19. The van der Waals surface area contributed by atoms with Gasteiger partial charge in [-0.1, -0.05) is 19.8 Å².